The molecule has 0 fully saturated rings. The fourth-order valence-corrected chi connectivity index (χ4v) is 3.20. The van der Waals surface area contributed by atoms with E-state index in [4.69, 9.17) is 11.6 Å². The van der Waals surface area contributed by atoms with Crippen molar-refractivity contribution in [2.24, 2.45) is 0 Å². The van der Waals surface area contributed by atoms with Crippen molar-refractivity contribution < 1.29 is 5.11 Å². The van der Waals surface area contributed by atoms with Gasteiger partial charge >= 0.3 is 0 Å². The third-order valence-electron chi connectivity index (χ3n) is 1.09. The summed E-state index contributed by atoms with van der Waals surface area (Å²) in [6, 6.07) is 1.75. The molecule has 0 aliphatic heterocycles. The van der Waals surface area contributed by atoms with Crippen LogP contribution in [0.4, 0.5) is 0 Å². The van der Waals surface area contributed by atoms with Crippen LogP contribution in [0.2, 0.25) is 5.02 Å². The van der Waals surface area contributed by atoms with Crippen molar-refractivity contribution in [3.63, 3.8) is 0 Å². The van der Waals surface area contributed by atoms with Gasteiger partial charge in [-0.25, -0.2) is 0 Å². The molecule has 0 amide bonds. The zero-order valence-electron chi connectivity index (χ0n) is 5.04. The topological polar surface area (TPSA) is 20.2 Å². The van der Waals surface area contributed by atoms with Crippen LogP contribution < -0.4 is 0 Å². The average molecular weight is 412 g/mol. The molecule has 0 radical (unpaired) electrons. The largest absolute Gasteiger partial charge is 0.506 e. The molecule has 0 aromatic heterocycles. The molecule has 0 aliphatic rings. The van der Waals surface area contributed by atoms with Crippen molar-refractivity contribution in [3.8, 4) is 5.75 Å². The molecule has 0 bridgehead atoms. The number of hydrogen-bond acceptors (Lipinski definition) is 1. The fraction of sp³-hybridized carbons (Fsp3) is 0. The van der Waals surface area contributed by atoms with Crippen molar-refractivity contribution in [1.29, 1.82) is 0 Å². The highest BCUT2D eigenvalue weighted by atomic mass is 127. The van der Waals surface area contributed by atoms with Crippen LogP contribution in [-0.2, 0) is 0 Å². The van der Waals surface area contributed by atoms with Crippen LogP contribution in [0.15, 0.2) is 15.0 Å². The summed E-state index contributed by atoms with van der Waals surface area (Å²) in [5.41, 5.74) is 0. The van der Waals surface area contributed by atoms with Crippen LogP contribution in [-0.4, -0.2) is 5.11 Å². The van der Waals surface area contributed by atoms with E-state index in [1.165, 1.54) is 0 Å². The van der Waals surface area contributed by atoms with Crippen LogP contribution in [0.3, 0.4) is 0 Å². The standard InChI is InChI=1S/C6H2Br2ClIO/c7-2-1-3(10)6(11)4(8)5(2)9/h1,11H. The van der Waals surface area contributed by atoms with Gasteiger partial charge in [-0.05, 0) is 60.5 Å². The quantitative estimate of drug-likeness (QED) is 0.385. The Morgan fingerprint density at radius 3 is 2.55 bits per heavy atom. The van der Waals surface area contributed by atoms with Crippen molar-refractivity contribution in [1.82, 2.24) is 0 Å². The molecule has 0 atom stereocenters. The Labute approximate surface area is 99.5 Å². The lowest BCUT2D eigenvalue weighted by molar-refractivity contribution is 0.468. The van der Waals surface area contributed by atoms with Crippen molar-refractivity contribution in [2.45, 2.75) is 0 Å². The Morgan fingerprint density at radius 1 is 1.45 bits per heavy atom. The van der Waals surface area contributed by atoms with E-state index in [1.54, 1.807) is 6.07 Å². The SMILES string of the molecule is Oc1c(I)cc(Br)c(Cl)c1Br. The molecule has 0 saturated heterocycles. The number of hydrogen-bond donors (Lipinski definition) is 1. The monoisotopic (exact) mass is 410 g/mol. The lowest BCUT2D eigenvalue weighted by Crippen LogP contribution is -1.79. The van der Waals surface area contributed by atoms with Crippen LogP contribution in [0.1, 0.15) is 0 Å². The van der Waals surface area contributed by atoms with E-state index in [0.717, 1.165) is 8.04 Å². The van der Waals surface area contributed by atoms with Gasteiger partial charge in [-0.1, -0.05) is 11.6 Å². The van der Waals surface area contributed by atoms with Crippen molar-refractivity contribution >= 4 is 66.1 Å². The number of phenols is 1. The molecule has 0 spiro atoms. The number of aromatic hydroxyl groups is 1. The van der Waals surface area contributed by atoms with Gasteiger partial charge in [0.25, 0.3) is 0 Å². The van der Waals surface area contributed by atoms with Gasteiger partial charge in [-0.3, -0.25) is 0 Å². The van der Waals surface area contributed by atoms with Gasteiger partial charge in [0.15, 0.2) is 0 Å². The zero-order chi connectivity index (χ0) is 8.59. The maximum absolute atomic E-state index is 9.35. The molecule has 1 N–H and O–H groups in total. The van der Waals surface area contributed by atoms with Gasteiger partial charge in [0.2, 0.25) is 0 Å². The molecule has 0 heterocycles. The first-order valence-corrected chi connectivity index (χ1v) is 5.60. The lowest BCUT2D eigenvalue weighted by atomic mass is 10.3. The van der Waals surface area contributed by atoms with Gasteiger partial charge in [0.05, 0.1) is 13.1 Å². The normalized spacial score (nSPS) is 10.2. The second-order valence-electron chi connectivity index (χ2n) is 1.82. The summed E-state index contributed by atoms with van der Waals surface area (Å²) in [4.78, 5) is 0. The summed E-state index contributed by atoms with van der Waals surface area (Å²) < 4.78 is 2.05. The second kappa shape index (κ2) is 3.81. The summed E-state index contributed by atoms with van der Waals surface area (Å²) in [7, 11) is 0. The van der Waals surface area contributed by atoms with E-state index in [1.807, 2.05) is 22.6 Å². The van der Waals surface area contributed by atoms with E-state index in [-0.39, 0.29) is 5.75 Å². The van der Waals surface area contributed by atoms with E-state index in [9.17, 15) is 5.11 Å². The van der Waals surface area contributed by atoms with E-state index in [2.05, 4.69) is 31.9 Å². The first kappa shape index (κ1) is 10.1. The Hall–Kier alpha value is 1.000. The van der Waals surface area contributed by atoms with Gasteiger partial charge in [0.1, 0.15) is 5.75 Å². The fourth-order valence-electron chi connectivity index (χ4n) is 0.557. The molecule has 1 aromatic carbocycles. The highest BCUT2D eigenvalue weighted by molar-refractivity contribution is 14.1. The molecule has 1 rings (SSSR count). The number of benzene rings is 1. The van der Waals surface area contributed by atoms with Crippen molar-refractivity contribution in [2.75, 3.05) is 0 Å². The summed E-state index contributed by atoms with van der Waals surface area (Å²) in [6.45, 7) is 0. The molecule has 5 heteroatoms. The summed E-state index contributed by atoms with van der Waals surface area (Å²) in [6.07, 6.45) is 0. The molecular weight excluding hydrogens is 410 g/mol. The maximum atomic E-state index is 9.35. The van der Waals surface area contributed by atoms with Crippen molar-refractivity contribution in [3.05, 3.63) is 23.6 Å². The van der Waals surface area contributed by atoms with Crippen LogP contribution in [0.5, 0.6) is 5.75 Å². The highest BCUT2D eigenvalue weighted by Crippen LogP contribution is 2.39. The Bertz CT molecular complexity index is 277. The molecule has 11 heavy (non-hydrogen) atoms. The van der Waals surface area contributed by atoms with Gasteiger partial charge in [-0.15, -0.1) is 0 Å². The smallest absolute Gasteiger partial charge is 0.144 e. The minimum Gasteiger partial charge on any atom is -0.506 e. The Kier molecular flexibility index (Phi) is 3.49. The molecule has 0 saturated carbocycles. The van der Waals surface area contributed by atoms with E-state index >= 15 is 0 Å². The molecular formula is C6H2Br2ClIO. The zero-order valence-corrected chi connectivity index (χ0v) is 11.1. The second-order valence-corrected chi connectivity index (χ2v) is 5.00. The van der Waals surface area contributed by atoms with Crippen LogP contribution in [0, 0.1) is 3.57 Å². The first-order chi connectivity index (χ1) is 5.04. The number of rotatable bonds is 0. The van der Waals surface area contributed by atoms with E-state index < -0.39 is 0 Å². The van der Waals surface area contributed by atoms with E-state index in [0.29, 0.717) is 9.50 Å². The molecule has 0 aliphatic carbocycles. The third-order valence-corrected chi connectivity index (χ3v) is 4.16. The summed E-state index contributed by atoms with van der Waals surface area (Å²) >= 11 is 14.2. The molecule has 0 unspecified atom stereocenters. The predicted octanol–water partition coefficient (Wildman–Crippen LogP) is 4.18. The van der Waals surface area contributed by atoms with Gasteiger partial charge in [0, 0.05) is 4.47 Å². The average Bonchev–Trinajstić information content (AvgIpc) is 1.97. The summed E-state index contributed by atoms with van der Waals surface area (Å²) in [5.74, 6) is 0.179. The van der Waals surface area contributed by atoms with Gasteiger partial charge in [-0.2, -0.15) is 0 Å². The maximum Gasteiger partial charge on any atom is 0.144 e. The minimum absolute atomic E-state index is 0.179. The third kappa shape index (κ3) is 2.02. The molecule has 60 valence electrons. The minimum atomic E-state index is 0.179. The number of halogens is 4. The predicted molar refractivity (Wildman–Crippen MR) is 61.2 cm³/mol. The highest BCUT2D eigenvalue weighted by Gasteiger charge is 2.10. The molecule has 1 nitrogen and oxygen atoms in total. The lowest BCUT2D eigenvalue weighted by Gasteiger charge is -2.03. The van der Waals surface area contributed by atoms with Gasteiger partial charge < -0.3 is 5.11 Å². The number of phenolic OH excluding ortho intramolecular Hbond substituents is 1. The first-order valence-electron chi connectivity index (χ1n) is 2.56. The van der Waals surface area contributed by atoms with Crippen LogP contribution in [0.25, 0.3) is 0 Å². The van der Waals surface area contributed by atoms with Crippen LogP contribution >= 0.6 is 66.1 Å². The molecule has 1 aromatic rings. The summed E-state index contributed by atoms with van der Waals surface area (Å²) in [5, 5.41) is 9.84. The Morgan fingerprint density at radius 2 is 2.00 bits per heavy atom. The Balaban J connectivity index is 3.46.